The van der Waals surface area contributed by atoms with Gasteiger partial charge in [-0.2, -0.15) is 0 Å². The summed E-state index contributed by atoms with van der Waals surface area (Å²) in [5.74, 6) is -0.254. The molecule has 0 spiro atoms. The Kier molecular flexibility index (Phi) is 3.22. The fraction of sp³-hybridized carbons (Fsp3) is 0.333. The molecule has 1 aromatic carbocycles. The summed E-state index contributed by atoms with van der Waals surface area (Å²) >= 11 is 0. The van der Waals surface area contributed by atoms with Gasteiger partial charge in [0, 0.05) is 6.42 Å². The lowest BCUT2D eigenvalue weighted by Gasteiger charge is -2.07. The number of methoxy groups -OCH3 is 1. The summed E-state index contributed by atoms with van der Waals surface area (Å²) in [6, 6.07) is 4.37. The molecule has 0 bridgehead atoms. The van der Waals surface area contributed by atoms with E-state index in [0.29, 0.717) is 0 Å². The third-order valence-electron chi connectivity index (χ3n) is 1.66. The predicted octanol–water partition coefficient (Wildman–Crippen LogP) is 0.654. The van der Waals surface area contributed by atoms with Gasteiger partial charge >= 0.3 is 0 Å². The van der Waals surface area contributed by atoms with E-state index in [9.17, 15) is 4.39 Å². The third kappa shape index (κ3) is 2.68. The van der Waals surface area contributed by atoms with Gasteiger partial charge < -0.3 is 15.6 Å². The molecule has 72 valence electrons. The van der Waals surface area contributed by atoms with Gasteiger partial charge in [0.1, 0.15) is 6.23 Å². The van der Waals surface area contributed by atoms with Crippen molar-refractivity contribution < 1.29 is 14.2 Å². The highest BCUT2D eigenvalue weighted by molar-refractivity contribution is 5.30. The van der Waals surface area contributed by atoms with Gasteiger partial charge in [0.05, 0.1) is 7.11 Å². The average Bonchev–Trinajstić information content (AvgIpc) is 2.07. The zero-order valence-electron chi connectivity index (χ0n) is 7.33. The molecule has 0 aromatic heterocycles. The quantitative estimate of drug-likeness (QED) is 0.680. The molecule has 4 heteroatoms. The maximum absolute atomic E-state index is 12.9. The second-order valence-electron chi connectivity index (χ2n) is 2.74. The molecule has 0 fully saturated rings. The molecule has 0 radical (unpaired) electrons. The minimum atomic E-state index is -0.921. The van der Waals surface area contributed by atoms with E-state index in [1.807, 2.05) is 0 Å². The van der Waals surface area contributed by atoms with Crippen LogP contribution in [0.15, 0.2) is 18.2 Å². The van der Waals surface area contributed by atoms with Crippen molar-refractivity contribution in [2.75, 3.05) is 7.11 Å². The first-order chi connectivity index (χ1) is 6.13. The van der Waals surface area contributed by atoms with Crippen LogP contribution >= 0.6 is 0 Å². The molecule has 0 aliphatic carbocycles. The summed E-state index contributed by atoms with van der Waals surface area (Å²) < 4.78 is 17.7. The Labute approximate surface area is 75.9 Å². The van der Waals surface area contributed by atoms with Crippen LogP contribution in [0.3, 0.4) is 0 Å². The zero-order valence-corrected chi connectivity index (χ0v) is 7.33. The summed E-state index contributed by atoms with van der Waals surface area (Å²) in [4.78, 5) is 0. The summed E-state index contributed by atoms with van der Waals surface area (Å²) in [6.07, 6.45) is -0.633. The van der Waals surface area contributed by atoms with Crippen LogP contribution in [0.1, 0.15) is 5.56 Å². The predicted molar refractivity (Wildman–Crippen MR) is 46.9 cm³/mol. The van der Waals surface area contributed by atoms with Crippen LogP contribution in [0.4, 0.5) is 4.39 Å². The first-order valence-electron chi connectivity index (χ1n) is 3.89. The number of rotatable bonds is 3. The molecule has 0 saturated carbocycles. The van der Waals surface area contributed by atoms with E-state index in [0.717, 1.165) is 5.56 Å². The number of aliphatic hydroxyl groups is 1. The Morgan fingerprint density at radius 3 is 2.85 bits per heavy atom. The molecule has 0 aliphatic heterocycles. The van der Waals surface area contributed by atoms with E-state index < -0.39 is 12.0 Å². The first-order valence-corrected chi connectivity index (χ1v) is 3.89. The van der Waals surface area contributed by atoms with E-state index in [1.165, 1.54) is 19.2 Å². The smallest absolute Gasteiger partial charge is 0.165 e. The van der Waals surface area contributed by atoms with Crippen molar-refractivity contribution in [3.8, 4) is 5.75 Å². The SMILES string of the molecule is COc1cc(CC(N)O)ccc1F. The fourth-order valence-corrected chi connectivity index (χ4v) is 1.07. The molecule has 1 rings (SSSR count). The van der Waals surface area contributed by atoms with Gasteiger partial charge in [-0.25, -0.2) is 4.39 Å². The Morgan fingerprint density at radius 1 is 1.62 bits per heavy atom. The average molecular weight is 185 g/mol. The molecule has 0 heterocycles. The highest BCUT2D eigenvalue weighted by atomic mass is 19.1. The van der Waals surface area contributed by atoms with Crippen LogP contribution in [-0.2, 0) is 6.42 Å². The highest BCUT2D eigenvalue weighted by Gasteiger charge is 2.05. The van der Waals surface area contributed by atoms with Crippen molar-refractivity contribution in [3.63, 3.8) is 0 Å². The zero-order chi connectivity index (χ0) is 9.84. The molecule has 0 amide bonds. The van der Waals surface area contributed by atoms with Crippen molar-refractivity contribution in [1.82, 2.24) is 0 Å². The minimum absolute atomic E-state index is 0.165. The van der Waals surface area contributed by atoms with Crippen molar-refractivity contribution in [1.29, 1.82) is 0 Å². The largest absolute Gasteiger partial charge is 0.494 e. The highest BCUT2D eigenvalue weighted by Crippen LogP contribution is 2.18. The molecule has 0 saturated heterocycles. The Bertz CT molecular complexity index is 289. The number of halogens is 1. The van der Waals surface area contributed by atoms with Gasteiger partial charge in [0.15, 0.2) is 11.6 Å². The summed E-state index contributed by atoms with van der Waals surface area (Å²) in [5.41, 5.74) is 5.92. The van der Waals surface area contributed by atoms with Gasteiger partial charge in [-0.3, -0.25) is 0 Å². The lowest BCUT2D eigenvalue weighted by Crippen LogP contribution is -2.21. The Hall–Kier alpha value is -1.13. The number of ether oxygens (including phenoxy) is 1. The molecule has 13 heavy (non-hydrogen) atoms. The lowest BCUT2D eigenvalue weighted by molar-refractivity contribution is 0.183. The van der Waals surface area contributed by atoms with Crippen LogP contribution in [0, 0.1) is 5.82 Å². The van der Waals surface area contributed by atoms with Crippen molar-refractivity contribution in [2.45, 2.75) is 12.6 Å². The summed E-state index contributed by atoms with van der Waals surface area (Å²) in [6.45, 7) is 0. The normalized spacial score (nSPS) is 12.6. The van der Waals surface area contributed by atoms with Crippen molar-refractivity contribution in [2.24, 2.45) is 5.73 Å². The van der Waals surface area contributed by atoms with Crippen LogP contribution in [0.25, 0.3) is 0 Å². The summed E-state index contributed by atoms with van der Waals surface area (Å²) in [5, 5.41) is 8.88. The number of benzene rings is 1. The van der Waals surface area contributed by atoms with Gasteiger partial charge in [-0.05, 0) is 17.7 Å². The third-order valence-corrected chi connectivity index (χ3v) is 1.66. The van der Waals surface area contributed by atoms with Crippen molar-refractivity contribution in [3.05, 3.63) is 29.6 Å². The van der Waals surface area contributed by atoms with Crippen molar-refractivity contribution >= 4 is 0 Å². The monoisotopic (exact) mass is 185 g/mol. The van der Waals surface area contributed by atoms with E-state index in [2.05, 4.69) is 0 Å². The molecule has 3 nitrogen and oxygen atoms in total. The topological polar surface area (TPSA) is 55.5 Å². The van der Waals surface area contributed by atoms with E-state index in [4.69, 9.17) is 15.6 Å². The minimum Gasteiger partial charge on any atom is -0.494 e. The number of nitrogens with two attached hydrogens (primary N) is 1. The molecule has 0 aliphatic rings. The Morgan fingerprint density at radius 2 is 2.31 bits per heavy atom. The number of aliphatic hydroxyl groups excluding tert-OH is 1. The number of hydrogen-bond donors (Lipinski definition) is 2. The summed E-state index contributed by atoms with van der Waals surface area (Å²) in [7, 11) is 1.39. The molecule has 1 atom stereocenters. The molecular formula is C9H12FNO2. The fourth-order valence-electron chi connectivity index (χ4n) is 1.07. The van der Waals surface area contributed by atoms with E-state index in [1.54, 1.807) is 6.07 Å². The van der Waals surface area contributed by atoms with Crippen LogP contribution in [0.2, 0.25) is 0 Å². The lowest BCUT2D eigenvalue weighted by atomic mass is 10.1. The van der Waals surface area contributed by atoms with Gasteiger partial charge in [0.25, 0.3) is 0 Å². The van der Waals surface area contributed by atoms with Gasteiger partial charge in [-0.1, -0.05) is 6.07 Å². The Balaban J connectivity index is 2.86. The standard InChI is InChI=1S/C9H12FNO2/c1-13-8-4-6(5-9(11)12)2-3-7(8)10/h2-4,9,12H,5,11H2,1H3. The van der Waals surface area contributed by atoms with Crippen LogP contribution in [-0.4, -0.2) is 18.4 Å². The van der Waals surface area contributed by atoms with E-state index >= 15 is 0 Å². The first kappa shape index (κ1) is 9.95. The van der Waals surface area contributed by atoms with Crippen LogP contribution < -0.4 is 10.5 Å². The van der Waals surface area contributed by atoms with Gasteiger partial charge in [-0.15, -0.1) is 0 Å². The number of hydrogen-bond acceptors (Lipinski definition) is 3. The van der Waals surface area contributed by atoms with Crippen LogP contribution in [0.5, 0.6) is 5.75 Å². The molecular weight excluding hydrogens is 173 g/mol. The maximum Gasteiger partial charge on any atom is 0.165 e. The molecule has 1 unspecified atom stereocenters. The van der Waals surface area contributed by atoms with E-state index in [-0.39, 0.29) is 12.2 Å². The molecule has 1 aromatic rings. The second kappa shape index (κ2) is 4.20. The molecule has 3 N–H and O–H groups in total. The van der Waals surface area contributed by atoms with Gasteiger partial charge in [0.2, 0.25) is 0 Å². The second-order valence-corrected chi connectivity index (χ2v) is 2.74. The maximum atomic E-state index is 12.9.